The molecule has 1 amide bonds. The molecule has 0 fully saturated rings. The summed E-state index contributed by atoms with van der Waals surface area (Å²) in [5.41, 5.74) is 0.670. The molecule has 7 nitrogen and oxygen atoms in total. The van der Waals surface area contributed by atoms with Crippen LogP contribution in [0, 0.1) is 10.1 Å². The van der Waals surface area contributed by atoms with E-state index in [4.69, 9.17) is 5.11 Å². The minimum absolute atomic E-state index is 0.132. The van der Waals surface area contributed by atoms with Crippen molar-refractivity contribution in [2.75, 3.05) is 32.1 Å². The van der Waals surface area contributed by atoms with E-state index in [0.717, 1.165) is 6.42 Å². The second kappa shape index (κ2) is 7.44. The first kappa shape index (κ1) is 15.9. The molecule has 0 spiro atoms. The number of benzene rings is 1. The van der Waals surface area contributed by atoms with Crippen molar-refractivity contribution < 1.29 is 14.8 Å². The molecular weight excluding hydrogens is 262 g/mol. The summed E-state index contributed by atoms with van der Waals surface area (Å²) in [6.07, 6.45) is 0.872. The van der Waals surface area contributed by atoms with Gasteiger partial charge in [-0.05, 0) is 12.5 Å². The van der Waals surface area contributed by atoms with Gasteiger partial charge >= 0.3 is 0 Å². The van der Waals surface area contributed by atoms with Crippen LogP contribution in [0.25, 0.3) is 0 Å². The number of aliphatic hydroxyl groups is 1. The van der Waals surface area contributed by atoms with Gasteiger partial charge in [-0.15, -0.1) is 0 Å². The van der Waals surface area contributed by atoms with E-state index in [2.05, 4.69) is 5.32 Å². The van der Waals surface area contributed by atoms with E-state index in [1.807, 2.05) is 6.92 Å². The largest absolute Gasteiger partial charge is 0.395 e. The number of nitrogens with one attached hydrogen (secondary N) is 1. The Bertz CT molecular complexity index is 491. The van der Waals surface area contributed by atoms with Crippen LogP contribution in [0.4, 0.5) is 11.4 Å². The van der Waals surface area contributed by atoms with Gasteiger partial charge in [0.15, 0.2) is 0 Å². The highest BCUT2D eigenvalue weighted by Gasteiger charge is 2.19. The Balaban J connectivity index is 3.13. The molecule has 110 valence electrons. The zero-order valence-electron chi connectivity index (χ0n) is 11.6. The van der Waals surface area contributed by atoms with Gasteiger partial charge in [0.25, 0.3) is 11.6 Å². The van der Waals surface area contributed by atoms with E-state index in [9.17, 15) is 14.9 Å². The third kappa shape index (κ3) is 3.92. The van der Waals surface area contributed by atoms with Crippen LogP contribution in [-0.4, -0.2) is 47.6 Å². The van der Waals surface area contributed by atoms with Crippen molar-refractivity contribution in [1.29, 1.82) is 0 Å². The summed E-state index contributed by atoms with van der Waals surface area (Å²) < 4.78 is 0. The van der Waals surface area contributed by atoms with Crippen LogP contribution in [0.2, 0.25) is 0 Å². The second-order valence-corrected chi connectivity index (χ2v) is 4.36. The molecule has 0 saturated heterocycles. The molecule has 0 aliphatic carbocycles. The van der Waals surface area contributed by atoms with Crippen LogP contribution in [0.3, 0.4) is 0 Å². The summed E-state index contributed by atoms with van der Waals surface area (Å²) in [6.45, 7) is 2.67. The lowest BCUT2D eigenvalue weighted by molar-refractivity contribution is -0.384. The standard InChI is InChI=1S/C13H19N3O4/c1-3-6-14-12-5-4-10(16(19)20)9-11(12)13(18)15(2)7-8-17/h4-5,9,14,17H,3,6-8H2,1-2H3. The average Bonchev–Trinajstić information content (AvgIpc) is 2.44. The number of rotatable bonds is 7. The van der Waals surface area contributed by atoms with E-state index in [1.54, 1.807) is 7.05 Å². The van der Waals surface area contributed by atoms with E-state index < -0.39 is 4.92 Å². The number of carbonyl (C=O) groups excluding carboxylic acids is 1. The predicted octanol–water partition coefficient (Wildman–Crippen LogP) is 1.48. The van der Waals surface area contributed by atoms with Gasteiger partial charge in [-0.25, -0.2) is 0 Å². The highest BCUT2D eigenvalue weighted by molar-refractivity contribution is 6.00. The monoisotopic (exact) mass is 281 g/mol. The quantitative estimate of drug-likeness (QED) is 0.583. The minimum Gasteiger partial charge on any atom is -0.395 e. The van der Waals surface area contributed by atoms with Crippen LogP contribution < -0.4 is 5.32 Å². The number of likely N-dealkylation sites (N-methyl/N-ethyl adjacent to an activating group) is 1. The summed E-state index contributed by atoms with van der Waals surface area (Å²) in [6, 6.07) is 4.16. The van der Waals surface area contributed by atoms with Gasteiger partial charge in [0.05, 0.1) is 17.1 Å². The summed E-state index contributed by atoms with van der Waals surface area (Å²) in [7, 11) is 1.54. The Labute approximate surface area is 117 Å². The lowest BCUT2D eigenvalue weighted by atomic mass is 10.1. The molecule has 0 unspecified atom stereocenters. The van der Waals surface area contributed by atoms with E-state index in [0.29, 0.717) is 12.2 Å². The molecule has 1 aromatic rings. The Morgan fingerprint density at radius 1 is 1.50 bits per heavy atom. The molecule has 0 bridgehead atoms. The molecule has 0 saturated carbocycles. The van der Waals surface area contributed by atoms with Crippen LogP contribution >= 0.6 is 0 Å². The van der Waals surface area contributed by atoms with Crippen molar-refractivity contribution in [1.82, 2.24) is 4.90 Å². The van der Waals surface area contributed by atoms with E-state index in [-0.39, 0.29) is 30.3 Å². The lowest BCUT2D eigenvalue weighted by Gasteiger charge is -2.18. The van der Waals surface area contributed by atoms with Crippen LogP contribution in [0.5, 0.6) is 0 Å². The van der Waals surface area contributed by atoms with Crippen LogP contribution in [0.1, 0.15) is 23.7 Å². The van der Waals surface area contributed by atoms with E-state index >= 15 is 0 Å². The topological polar surface area (TPSA) is 95.7 Å². The third-order valence-corrected chi connectivity index (χ3v) is 2.79. The number of non-ortho nitro benzene ring substituents is 1. The third-order valence-electron chi connectivity index (χ3n) is 2.79. The normalized spacial score (nSPS) is 10.2. The van der Waals surface area contributed by atoms with Crippen molar-refractivity contribution in [3.8, 4) is 0 Å². The number of nitro benzene ring substituents is 1. The summed E-state index contributed by atoms with van der Waals surface area (Å²) in [4.78, 5) is 23.9. The number of nitrogens with zero attached hydrogens (tertiary/aromatic N) is 2. The molecule has 0 aliphatic rings. The number of aliphatic hydroxyl groups excluding tert-OH is 1. The average molecular weight is 281 g/mol. The zero-order chi connectivity index (χ0) is 15.1. The van der Waals surface area contributed by atoms with Gasteiger partial charge in [0.2, 0.25) is 0 Å². The lowest BCUT2D eigenvalue weighted by Crippen LogP contribution is -2.30. The van der Waals surface area contributed by atoms with Gasteiger partial charge in [-0.1, -0.05) is 6.92 Å². The number of anilines is 1. The molecule has 0 heterocycles. The molecule has 7 heteroatoms. The molecule has 1 rings (SSSR count). The predicted molar refractivity (Wildman–Crippen MR) is 75.9 cm³/mol. The van der Waals surface area contributed by atoms with Crippen molar-refractivity contribution in [3.05, 3.63) is 33.9 Å². The van der Waals surface area contributed by atoms with Gasteiger partial charge < -0.3 is 15.3 Å². The summed E-state index contributed by atoms with van der Waals surface area (Å²) in [5.74, 6) is -0.360. The molecule has 0 atom stereocenters. The first-order valence-corrected chi connectivity index (χ1v) is 6.39. The summed E-state index contributed by atoms with van der Waals surface area (Å²) >= 11 is 0. The van der Waals surface area contributed by atoms with Crippen LogP contribution in [-0.2, 0) is 0 Å². The number of carbonyl (C=O) groups is 1. The second-order valence-electron chi connectivity index (χ2n) is 4.36. The highest BCUT2D eigenvalue weighted by atomic mass is 16.6. The fourth-order valence-electron chi connectivity index (χ4n) is 1.69. The fourth-order valence-corrected chi connectivity index (χ4v) is 1.69. The Kier molecular flexibility index (Phi) is 5.92. The van der Waals surface area contributed by atoms with Crippen LogP contribution in [0.15, 0.2) is 18.2 Å². The van der Waals surface area contributed by atoms with Gasteiger partial charge in [0, 0.05) is 38.0 Å². The maximum Gasteiger partial charge on any atom is 0.270 e. The first-order valence-electron chi connectivity index (χ1n) is 6.39. The van der Waals surface area contributed by atoms with Gasteiger partial charge in [0.1, 0.15) is 0 Å². The maximum atomic E-state index is 12.2. The molecule has 1 aromatic carbocycles. The number of hydrogen-bond acceptors (Lipinski definition) is 5. The SMILES string of the molecule is CCCNc1ccc([N+](=O)[O-])cc1C(=O)N(C)CCO. The van der Waals surface area contributed by atoms with Crippen molar-refractivity contribution >= 4 is 17.3 Å². The highest BCUT2D eigenvalue weighted by Crippen LogP contribution is 2.23. The molecule has 0 radical (unpaired) electrons. The smallest absolute Gasteiger partial charge is 0.270 e. The number of amides is 1. The van der Waals surface area contributed by atoms with E-state index in [1.165, 1.54) is 23.1 Å². The Morgan fingerprint density at radius 2 is 2.20 bits per heavy atom. The number of nitro groups is 1. The fraction of sp³-hybridized carbons (Fsp3) is 0.462. The molecule has 2 N–H and O–H groups in total. The molecule has 20 heavy (non-hydrogen) atoms. The van der Waals surface area contributed by atoms with Gasteiger partial charge in [-0.2, -0.15) is 0 Å². The van der Waals surface area contributed by atoms with Crippen molar-refractivity contribution in [3.63, 3.8) is 0 Å². The molecule has 0 aliphatic heterocycles. The molecular formula is C13H19N3O4. The maximum absolute atomic E-state index is 12.2. The zero-order valence-corrected chi connectivity index (χ0v) is 11.6. The van der Waals surface area contributed by atoms with Crippen molar-refractivity contribution in [2.45, 2.75) is 13.3 Å². The summed E-state index contributed by atoms with van der Waals surface area (Å²) in [5, 5.41) is 22.8. The number of hydrogen-bond donors (Lipinski definition) is 2. The molecule has 0 aromatic heterocycles. The Hall–Kier alpha value is -2.15. The Morgan fingerprint density at radius 3 is 2.75 bits per heavy atom. The minimum atomic E-state index is -0.535. The van der Waals surface area contributed by atoms with Crippen molar-refractivity contribution in [2.24, 2.45) is 0 Å². The van der Waals surface area contributed by atoms with Gasteiger partial charge in [-0.3, -0.25) is 14.9 Å². The first-order chi connectivity index (χ1) is 9.51.